The van der Waals surface area contributed by atoms with Gasteiger partial charge in [0, 0.05) is 31.2 Å². The lowest BCUT2D eigenvalue weighted by Gasteiger charge is -2.24. The Kier molecular flexibility index (Phi) is 5.68. The van der Waals surface area contributed by atoms with Crippen LogP contribution in [0.15, 0.2) is 54.6 Å². The van der Waals surface area contributed by atoms with Gasteiger partial charge < -0.3 is 15.2 Å². The summed E-state index contributed by atoms with van der Waals surface area (Å²) in [5.74, 6) is 0.619. The molecule has 3 rings (SSSR count). The third-order valence-corrected chi connectivity index (χ3v) is 4.58. The predicted octanol–water partition coefficient (Wildman–Crippen LogP) is 2.06. The van der Waals surface area contributed by atoms with E-state index in [4.69, 9.17) is 4.74 Å². The molecule has 0 saturated carbocycles. The van der Waals surface area contributed by atoms with Gasteiger partial charge in [-0.3, -0.25) is 9.69 Å². The molecule has 5 heteroatoms. The number of benzene rings is 2. The first-order chi connectivity index (χ1) is 12.2. The van der Waals surface area contributed by atoms with Crippen molar-refractivity contribution in [3.63, 3.8) is 0 Å². The highest BCUT2D eigenvalue weighted by atomic mass is 16.5. The summed E-state index contributed by atoms with van der Waals surface area (Å²) in [7, 11) is 1.60. The van der Waals surface area contributed by atoms with Crippen LogP contribution in [-0.2, 0) is 6.54 Å². The lowest BCUT2D eigenvalue weighted by molar-refractivity contribution is 0.0940. The number of hydrogen-bond donors (Lipinski definition) is 2. The van der Waals surface area contributed by atoms with E-state index in [2.05, 4.69) is 22.3 Å². The van der Waals surface area contributed by atoms with Crippen LogP contribution in [0.1, 0.15) is 22.3 Å². The number of carbonyl (C=O) groups excluding carboxylic acids is 1. The van der Waals surface area contributed by atoms with Crippen molar-refractivity contribution in [3.8, 4) is 5.75 Å². The normalized spacial score (nSPS) is 20.4. The molecular weight excluding hydrogens is 316 g/mol. The van der Waals surface area contributed by atoms with Gasteiger partial charge in [0.25, 0.3) is 5.91 Å². The van der Waals surface area contributed by atoms with Crippen LogP contribution in [-0.4, -0.2) is 48.3 Å². The second-order valence-corrected chi connectivity index (χ2v) is 6.40. The molecule has 0 spiro atoms. The minimum atomic E-state index is -0.341. The minimum Gasteiger partial charge on any atom is -0.497 e. The molecule has 5 nitrogen and oxygen atoms in total. The highest BCUT2D eigenvalue weighted by Crippen LogP contribution is 2.20. The van der Waals surface area contributed by atoms with Crippen molar-refractivity contribution in [1.29, 1.82) is 0 Å². The van der Waals surface area contributed by atoms with E-state index in [9.17, 15) is 9.90 Å². The van der Waals surface area contributed by atoms with Gasteiger partial charge in [0.2, 0.25) is 0 Å². The number of nitrogens with zero attached hydrogens (tertiary/aromatic N) is 1. The summed E-state index contributed by atoms with van der Waals surface area (Å²) >= 11 is 0. The first kappa shape index (κ1) is 17.5. The summed E-state index contributed by atoms with van der Waals surface area (Å²) in [6.07, 6.45) is 0.335. The number of aliphatic hydroxyl groups excluding tert-OH is 1. The van der Waals surface area contributed by atoms with Crippen LogP contribution in [0.3, 0.4) is 0 Å². The fourth-order valence-electron chi connectivity index (χ4n) is 3.24. The van der Waals surface area contributed by atoms with Crippen LogP contribution in [0.4, 0.5) is 0 Å². The average molecular weight is 340 g/mol. The number of methoxy groups -OCH3 is 1. The van der Waals surface area contributed by atoms with Crippen molar-refractivity contribution in [2.24, 2.45) is 0 Å². The first-order valence-electron chi connectivity index (χ1n) is 8.54. The van der Waals surface area contributed by atoms with Gasteiger partial charge in [-0.05, 0) is 36.2 Å². The highest BCUT2D eigenvalue weighted by molar-refractivity contribution is 5.94. The number of nitrogens with one attached hydrogen (secondary N) is 1. The fourth-order valence-corrected chi connectivity index (χ4v) is 3.24. The lowest BCUT2D eigenvalue weighted by atomic mass is 10.1. The van der Waals surface area contributed by atoms with E-state index in [-0.39, 0.29) is 18.1 Å². The maximum absolute atomic E-state index is 12.3. The molecule has 25 heavy (non-hydrogen) atoms. The maximum atomic E-state index is 12.3. The molecule has 1 heterocycles. The van der Waals surface area contributed by atoms with Crippen molar-refractivity contribution in [2.45, 2.75) is 25.1 Å². The van der Waals surface area contributed by atoms with Crippen molar-refractivity contribution in [3.05, 3.63) is 65.7 Å². The highest BCUT2D eigenvalue weighted by Gasteiger charge is 2.31. The monoisotopic (exact) mass is 340 g/mol. The van der Waals surface area contributed by atoms with Crippen LogP contribution in [0.5, 0.6) is 5.75 Å². The van der Waals surface area contributed by atoms with Crippen molar-refractivity contribution < 1.29 is 14.6 Å². The summed E-state index contributed by atoms with van der Waals surface area (Å²) < 4.78 is 5.11. The summed E-state index contributed by atoms with van der Waals surface area (Å²) in [6, 6.07) is 17.4. The average Bonchev–Trinajstić information content (AvgIpc) is 3.00. The Morgan fingerprint density at radius 2 is 1.92 bits per heavy atom. The first-order valence-corrected chi connectivity index (χ1v) is 8.54. The number of carbonyl (C=O) groups is 1. The zero-order valence-corrected chi connectivity index (χ0v) is 14.4. The Bertz CT molecular complexity index is 688. The van der Waals surface area contributed by atoms with Crippen molar-refractivity contribution >= 4 is 5.91 Å². The minimum absolute atomic E-state index is 0.108. The van der Waals surface area contributed by atoms with E-state index in [1.807, 2.05) is 18.2 Å². The molecule has 1 amide bonds. The Morgan fingerprint density at radius 3 is 2.60 bits per heavy atom. The van der Waals surface area contributed by atoms with E-state index < -0.39 is 0 Å². The van der Waals surface area contributed by atoms with Gasteiger partial charge in [0.1, 0.15) is 5.75 Å². The van der Waals surface area contributed by atoms with Gasteiger partial charge in [-0.1, -0.05) is 30.3 Å². The third-order valence-electron chi connectivity index (χ3n) is 4.58. The third kappa shape index (κ3) is 4.59. The van der Waals surface area contributed by atoms with Gasteiger partial charge in [0.15, 0.2) is 0 Å². The lowest BCUT2D eigenvalue weighted by Crippen LogP contribution is -2.39. The van der Waals surface area contributed by atoms with Crippen LogP contribution in [0.2, 0.25) is 0 Å². The molecule has 0 bridgehead atoms. The summed E-state index contributed by atoms with van der Waals surface area (Å²) in [6.45, 7) is 1.94. The topological polar surface area (TPSA) is 61.8 Å². The Morgan fingerprint density at radius 1 is 1.20 bits per heavy atom. The van der Waals surface area contributed by atoms with Gasteiger partial charge in [0.05, 0.1) is 13.2 Å². The maximum Gasteiger partial charge on any atom is 0.251 e. The van der Waals surface area contributed by atoms with Gasteiger partial charge in [-0.25, -0.2) is 0 Å². The smallest absolute Gasteiger partial charge is 0.251 e. The van der Waals surface area contributed by atoms with E-state index in [1.165, 1.54) is 5.56 Å². The second kappa shape index (κ2) is 8.14. The standard InChI is InChI=1S/C20H24N2O3/c1-25-19-9-7-16(8-10-19)20(24)21-12-17-11-18(23)14-22(17)13-15-5-3-2-4-6-15/h2-10,17-18,23H,11-14H2,1H3,(H,21,24). The molecule has 2 N–H and O–H groups in total. The molecule has 1 saturated heterocycles. The molecule has 0 radical (unpaired) electrons. The van der Waals surface area contributed by atoms with Crippen LogP contribution in [0.25, 0.3) is 0 Å². The molecule has 1 fully saturated rings. The Balaban J connectivity index is 1.57. The zero-order valence-electron chi connectivity index (χ0n) is 14.4. The molecule has 1 aliphatic rings. The zero-order chi connectivity index (χ0) is 17.6. The van der Waals surface area contributed by atoms with Gasteiger partial charge in [-0.2, -0.15) is 0 Å². The van der Waals surface area contributed by atoms with E-state index >= 15 is 0 Å². The van der Waals surface area contributed by atoms with Gasteiger partial charge >= 0.3 is 0 Å². The van der Waals surface area contributed by atoms with Crippen LogP contribution in [0, 0.1) is 0 Å². The Hall–Kier alpha value is -2.37. The number of ether oxygens (including phenoxy) is 1. The van der Waals surface area contributed by atoms with Crippen molar-refractivity contribution in [2.75, 3.05) is 20.2 Å². The largest absolute Gasteiger partial charge is 0.497 e. The molecule has 2 unspecified atom stereocenters. The predicted molar refractivity (Wildman–Crippen MR) is 96.6 cm³/mol. The van der Waals surface area contributed by atoms with Crippen LogP contribution < -0.4 is 10.1 Å². The second-order valence-electron chi connectivity index (χ2n) is 6.40. The summed E-state index contributed by atoms with van der Waals surface area (Å²) in [5, 5.41) is 13.0. The number of likely N-dealkylation sites (tertiary alicyclic amines) is 1. The number of β-amino-alcohol motifs (C(OH)–C–C–N with tert-alkyl or cyclic N) is 1. The number of aliphatic hydroxyl groups is 1. The molecule has 1 aliphatic heterocycles. The van der Waals surface area contributed by atoms with E-state index in [0.29, 0.717) is 25.1 Å². The molecule has 2 aromatic rings. The SMILES string of the molecule is COc1ccc(C(=O)NCC2CC(O)CN2Cc2ccccc2)cc1. The quantitative estimate of drug-likeness (QED) is 0.845. The fraction of sp³-hybridized carbons (Fsp3) is 0.350. The molecular formula is C20H24N2O3. The molecule has 2 aromatic carbocycles. The number of hydrogen-bond acceptors (Lipinski definition) is 4. The van der Waals surface area contributed by atoms with Crippen LogP contribution >= 0.6 is 0 Å². The number of rotatable bonds is 6. The molecule has 132 valence electrons. The molecule has 2 atom stereocenters. The van der Waals surface area contributed by atoms with Gasteiger partial charge in [-0.15, -0.1) is 0 Å². The van der Waals surface area contributed by atoms with E-state index in [0.717, 1.165) is 12.3 Å². The number of amides is 1. The Labute approximate surface area is 148 Å². The summed E-state index contributed by atoms with van der Waals surface area (Å²) in [5.41, 5.74) is 1.82. The summed E-state index contributed by atoms with van der Waals surface area (Å²) in [4.78, 5) is 14.5. The molecule has 0 aromatic heterocycles. The molecule has 0 aliphatic carbocycles. The van der Waals surface area contributed by atoms with E-state index in [1.54, 1.807) is 31.4 Å². The van der Waals surface area contributed by atoms with Crippen molar-refractivity contribution in [1.82, 2.24) is 10.2 Å².